The number of carboxylic acid groups (broad SMARTS) is 1. The predicted molar refractivity (Wildman–Crippen MR) is 144 cm³/mol. The lowest BCUT2D eigenvalue weighted by molar-refractivity contribution is -0.139. The third-order valence-electron chi connectivity index (χ3n) is 5.23. The summed E-state index contributed by atoms with van der Waals surface area (Å²) in [6, 6.07) is 18.0. The van der Waals surface area contributed by atoms with Gasteiger partial charge in [-0.1, -0.05) is 41.1 Å². The van der Waals surface area contributed by atoms with Gasteiger partial charge >= 0.3 is 5.97 Å². The monoisotopic (exact) mass is 517 g/mol. The van der Waals surface area contributed by atoms with Gasteiger partial charge in [-0.25, -0.2) is 4.79 Å². The Bertz CT molecular complexity index is 1440. The van der Waals surface area contributed by atoms with Crippen LogP contribution in [0.2, 0.25) is 10.0 Å². The van der Waals surface area contributed by atoms with Crippen LogP contribution in [0.15, 0.2) is 77.8 Å². The first kappa shape index (κ1) is 25.1. The fourth-order valence-electron chi connectivity index (χ4n) is 3.47. The summed E-state index contributed by atoms with van der Waals surface area (Å²) in [5.74, 6) is 6.44. The van der Waals surface area contributed by atoms with E-state index >= 15 is 0 Å². The van der Waals surface area contributed by atoms with Crippen LogP contribution in [0.3, 0.4) is 0 Å². The smallest absolute Gasteiger partial charge is 0.341 e. The van der Waals surface area contributed by atoms with E-state index in [1.807, 2.05) is 42.5 Å². The highest BCUT2D eigenvalue weighted by atomic mass is 35.5. The van der Waals surface area contributed by atoms with E-state index in [0.29, 0.717) is 22.2 Å². The molecule has 0 saturated carbocycles. The molecule has 36 heavy (non-hydrogen) atoms. The summed E-state index contributed by atoms with van der Waals surface area (Å²) in [6.45, 7) is -0.383. The van der Waals surface area contributed by atoms with Crippen LogP contribution >= 0.6 is 23.2 Å². The van der Waals surface area contributed by atoms with Gasteiger partial charge in [0, 0.05) is 39.4 Å². The Balaban J connectivity index is 1.48. The lowest BCUT2D eigenvalue weighted by Crippen LogP contribution is -2.09. The second kappa shape index (κ2) is 11.6. The Morgan fingerprint density at radius 2 is 1.78 bits per heavy atom. The lowest BCUT2D eigenvalue weighted by atomic mass is 10.1. The van der Waals surface area contributed by atoms with E-state index < -0.39 is 5.97 Å². The first-order valence-electron chi connectivity index (χ1n) is 11.0. The number of nitrogens with zero attached hydrogens (tertiary/aromatic N) is 1. The van der Waals surface area contributed by atoms with Gasteiger partial charge in [0.05, 0.1) is 17.8 Å². The van der Waals surface area contributed by atoms with E-state index in [9.17, 15) is 4.79 Å². The highest BCUT2D eigenvalue weighted by Crippen LogP contribution is 2.31. The van der Waals surface area contributed by atoms with Crippen molar-refractivity contribution in [2.45, 2.75) is 6.42 Å². The van der Waals surface area contributed by atoms with Gasteiger partial charge in [0.25, 0.3) is 0 Å². The van der Waals surface area contributed by atoms with E-state index in [1.54, 1.807) is 43.5 Å². The van der Waals surface area contributed by atoms with E-state index in [1.165, 1.54) is 0 Å². The Hall–Kier alpha value is -3.98. The number of halogens is 2. The van der Waals surface area contributed by atoms with E-state index in [-0.39, 0.29) is 6.61 Å². The van der Waals surface area contributed by atoms with Gasteiger partial charge in [-0.2, -0.15) is 0 Å². The molecule has 3 aromatic carbocycles. The molecule has 3 aromatic rings. The van der Waals surface area contributed by atoms with Crippen molar-refractivity contribution in [3.05, 3.63) is 105 Å². The second-order valence-electron chi connectivity index (χ2n) is 7.77. The van der Waals surface area contributed by atoms with Crippen molar-refractivity contribution in [3.8, 4) is 23.3 Å². The van der Waals surface area contributed by atoms with Crippen LogP contribution in [-0.2, 0) is 4.79 Å². The summed E-state index contributed by atoms with van der Waals surface area (Å²) in [4.78, 5) is 15.3. The molecular formula is C29H21Cl2NO4. The Morgan fingerprint density at radius 1 is 1.03 bits per heavy atom. The summed E-state index contributed by atoms with van der Waals surface area (Å²) in [5, 5.41) is 9.85. The van der Waals surface area contributed by atoms with Crippen LogP contribution in [0.25, 0.3) is 11.8 Å². The minimum Gasteiger partial charge on any atom is -0.496 e. The Labute approximate surface area is 219 Å². The maximum atomic E-state index is 10.6. The Kier molecular flexibility index (Phi) is 8.12. The molecule has 0 atom stereocenters. The highest BCUT2D eigenvalue weighted by Gasteiger charge is 2.12. The van der Waals surface area contributed by atoms with Gasteiger partial charge in [-0.05, 0) is 72.8 Å². The van der Waals surface area contributed by atoms with Crippen LogP contribution in [0.5, 0.6) is 11.5 Å². The summed E-state index contributed by atoms with van der Waals surface area (Å²) < 4.78 is 10.7. The molecule has 1 aliphatic rings. The fourth-order valence-corrected chi connectivity index (χ4v) is 3.98. The molecule has 0 radical (unpaired) electrons. The molecule has 0 aliphatic carbocycles. The zero-order chi connectivity index (χ0) is 25.5. The van der Waals surface area contributed by atoms with Crippen molar-refractivity contribution in [1.82, 2.24) is 0 Å². The molecule has 0 unspecified atom stereocenters. The fraction of sp³-hybridized carbons (Fsp3) is 0.103. The molecule has 180 valence electrons. The number of carbonyl (C=O) groups is 1. The largest absolute Gasteiger partial charge is 0.496 e. The minimum absolute atomic E-state index is 0.383. The van der Waals surface area contributed by atoms with Crippen molar-refractivity contribution < 1.29 is 19.4 Å². The number of aliphatic carboxylic acids is 1. The molecule has 1 heterocycles. The summed E-state index contributed by atoms with van der Waals surface area (Å²) >= 11 is 12.3. The van der Waals surface area contributed by atoms with Gasteiger partial charge in [0.1, 0.15) is 11.5 Å². The van der Waals surface area contributed by atoms with Crippen LogP contribution < -0.4 is 9.47 Å². The van der Waals surface area contributed by atoms with Gasteiger partial charge in [-0.3, -0.25) is 4.99 Å². The molecule has 0 saturated heterocycles. The number of rotatable bonds is 7. The average Bonchev–Trinajstić information content (AvgIpc) is 3.34. The molecule has 1 N–H and O–H groups in total. The van der Waals surface area contributed by atoms with Crippen molar-refractivity contribution in [3.63, 3.8) is 0 Å². The van der Waals surface area contributed by atoms with Crippen LogP contribution in [0.1, 0.15) is 28.7 Å². The quantitative estimate of drug-likeness (QED) is 0.351. The SMILES string of the molecule is COc1ccc(C#Cc2ccc(OCC(=O)O)cc2)cc1/C=C/C1=NC(c2ccc(Cl)cc2Cl)=CC1. The normalized spacial score (nSPS) is 12.5. The van der Waals surface area contributed by atoms with Crippen LogP contribution in [-0.4, -0.2) is 30.5 Å². The summed E-state index contributed by atoms with van der Waals surface area (Å²) in [7, 11) is 1.63. The number of hydrogen-bond donors (Lipinski definition) is 1. The maximum absolute atomic E-state index is 10.6. The first-order valence-corrected chi connectivity index (χ1v) is 11.7. The topological polar surface area (TPSA) is 68.1 Å². The number of ether oxygens (including phenoxy) is 2. The second-order valence-corrected chi connectivity index (χ2v) is 8.61. The van der Waals surface area contributed by atoms with Crippen molar-refractivity contribution in [1.29, 1.82) is 0 Å². The molecule has 0 spiro atoms. The number of allylic oxidation sites excluding steroid dienone is 2. The predicted octanol–water partition coefficient (Wildman–Crippen LogP) is 6.76. The molecule has 5 nitrogen and oxygen atoms in total. The summed E-state index contributed by atoms with van der Waals surface area (Å²) in [6.07, 6.45) is 6.64. The number of hydrogen-bond acceptors (Lipinski definition) is 4. The van der Waals surface area contributed by atoms with E-state index in [2.05, 4.69) is 11.8 Å². The number of methoxy groups -OCH3 is 1. The lowest BCUT2D eigenvalue weighted by Gasteiger charge is -2.05. The van der Waals surface area contributed by atoms with Crippen molar-refractivity contribution in [2.24, 2.45) is 4.99 Å². The van der Waals surface area contributed by atoms with Gasteiger partial charge in [0.15, 0.2) is 6.61 Å². The zero-order valence-electron chi connectivity index (χ0n) is 19.3. The third-order valence-corrected chi connectivity index (χ3v) is 5.78. The van der Waals surface area contributed by atoms with Gasteiger partial charge in [0.2, 0.25) is 0 Å². The van der Waals surface area contributed by atoms with Crippen molar-refractivity contribution >= 4 is 46.7 Å². The average molecular weight is 518 g/mol. The van der Waals surface area contributed by atoms with Crippen LogP contribution in [0, 0.1) is 11.8 Å². The first-order chi connectivity index (χ1) is 17.4. The Morgan fingerprint density at radius 3 is 2.50 bits per heavy atom. The molecule has 0 aromatic heterocycles. The third kappa shape index (κ3) is 6.57. The molecule has 0 fully saturated rings. The minimum atomic E-state index is -1.02. The number of benzene rings is 3. The number of carboxylic acids is 1. The molecule has 7 heteroatoms. The standard InChI is InChI=1S/C29H21Cl2NO4/c1-35-28-15-6-20(3-2-19-4-11-24(12-5-19)36-18-29(33)34)16-21(28)7-9-23-10-14-27(32-23)25-13-8-22(30)17-26(25)31/h4-9,11-17H,10,18H2,1H3,(H,33,34)/b9-7+. The summed E-state index contributed by atoms with van der Waals surface area (Å²) in [5.41, 5.74) is 5.05. The van der Waals surface area contributed by atoms with Gasteiger partial charge in [-0.15, -0.1) is 0 Å². The molecule has 1 aliphatic heterocycles. The van der Waals surface area contributed by atoms with Crippen LogP contribution in [0.4, 0.5) is 0 Å². The molecular weight excluding hydrogens is 497 g/mol. The highest BCUT2D eigenvalue weighted by molar-refractivity contribution is 6.35. The van der Waals surface area contributed by atoms with Gasteiger partial charge < -0.3 is 14.6 Å². The van der Waals surface area contributed by atoms with E-state index in [4.69, 9.17) is 42.8 Å². The molecule has 0 bridgehead atoms. The zero-order valence-corrected chi connectivity index (χ0v) is 20.8. The van der Waals surface area contributed by atoms with Crippen molar-refractivity contribution in [2.75, 3.05) is 13.7 Å². The molecule has 0 amide bonds. The van der Waals surface area contributed by atoms with E-state index in [0.717, 1.165) is 39.4 Å². The number of aliphatic imine (C=N–C) groups is 1. The maximum Gasteiger partial charge on any atom is 0.341 e. The molecule has 4 rings (SSSR count).